The first-order chi connectivity index (χ1) is 9.27. The van der Waals surface area contributed by atoms with Crippen molar-refractivity contribution in [2.75, 3.05) is 6.61 Å². The molecule has 9 heteroatoms. The molecule has 0 aromatic heterocycles. The van der Waals surface area contributed by atoms with Crippen LogP contribution in [-0.4, -0.2) is 74.5 Å². The van der Waals surface area contributed by atoms with E-state index in [1.807, 2.05) is 0 Å². The van der Waals surface area contributed by atoms with E-state index in [1.165, 1.54) is 0 Å². The number of carboxylic acid groups (broad SMARTS) is 1. The maximum Gasteiger partial charge on any atom is 0.370 e. The van der Waals surface area contributed by atoms with Gasteiger partial charge in [0, 0.05) is 6.92 Å². The monoisotopic (exact) mass is 291 g/mol. The SMILES string of the molecule is CC(=O)N[C@@H]1C(O)C=C(C(=O)O)OC1[C@H](O)[C@H](O)CO. The van der Waals surface area contributed by atoms with E-state index < -0.39 is 54.7 Å². The van der Waals surface area contributed by atoms with Gasteiger partial charge in [0.05, 0.1) is 12.6 Å². The molecule has 6 N–H and O–H groups in total. The van der Waals surface area contributed by atoms with Crippen molar-refractivity contribution in [3.63, 3.8) is 0 Å². The van der Waals surface area contributed by atoms with Gasteiger partial charge in [-0.3, -0.25) is 4.79 Å². The third kappa shape index (κ3) is 3.67. The summed E-state index contributed by atoms with van der Waals surface area (Å²) in [5.74, 6) is -2.63. The summed E-state index contributed by atoms with van der Waals surface area (Å²) >= 11 is 0. The Hall–Kier alpha value is -1.68. The van der Waals surface area contributed by atoms with Crippen LogP contribution in [-0.2, 0) is 14.3 Å². The lowest BCUT2D eigenvalue weighted by atomic mass is 9.94. The molecule has 0 saturated heterocycles. The van der Waals surface area contributed by atoms with Crippen LogP contribution in [0.15, 0.2) is 11.8 Å². The molecule has 1 aliphatic heterocycles. The highest BCUT2D eigenvalue weighted by molar-refractivity contribution is 5.84. The smallest absolute Gasteiger partial charge is 0.370 e. The number of hydrogen-bond acceptors (Lipinski definition) is 7. The number of carboxylic acids is 1. The fourth-order valence-electron chi connectivity index (χ4n) is 1.85. The predicted molar refractivity (Wildman–Crippen MR) is 63.3 cm³/mol. The molecule has 114 valence electrons. The number of ether oxygens (including phenoxy) is 1. The third-order valence-electron chi connectivity index (χ3n) is 2.81. The third-order valence-corrected chi connectivity index (χ3v) is 2.81. The van der Waals surface area contributed by atoms with Crippen LogP contribution in [0, 0.1) is 0 Å². The zero-order valence-corrected chi connectivity index (χ0v) is 10.6. The van der Waals surface area contributed by atoms with Crippen LogP contribution in [0.1, 0.15) is 6.92 Å². The second-order valence-corrected chi connectivity index (χ2v) is 4.38. The highest BCUT2D eigenvalue weighted by Gasteiger charge is 2.42. The average Bonchev–Trinajstić information content (AvgIpc) is 2.38. The second-order valence-electron chi connectivity index (χ2n) is 4.38. The molecule has 0 spiro atoms. The van der Waals surface area contributed by atoms with E-state index >= 15 is 0 Å². The number of aliphatic hydroxyl groups is 4. The van der Waals surface area contributed by atoms with Crippen molar-refractivity contribution in [1.29, 1.82) is 0 Å². The van der Waals surface area contributed by atoms with Gasteiger partial charge < -0.3 is 35.6 Å². The number of amides is 1. The van der Waals surface area contributed by atoms with Gasteiger partial charge >= 0.3 is 5.97 Å². The summed E-state index contributed by atoms with van der Waals surface area (Å²) in [5.41, 5.74) is 0. The van der Waals surface area contributed by atoms with Crippen LogP contribution >= 0.6 is 0 Å². The van der Waals surface area contributed by atoms with Gasteiger partial charge in [0.15, 0.2) is 6.10 Å². The Morgan fingerprint density at radius 3 is 2.50 bits per heavy atom. The molecule has 0 radical (unpaired) electrons. The summed E-state index contributed by atoms with van der Waals surface area (Å²) in [5, 5.41) is 49.0. The van der Waals surface area contributed by atoms with Crippen molar-refractivity contribution in [1.82, 2.24) is 5.32 Å². The molecular weight excluding hydrogens is 274 g/mol. The molecule has 5 atom stereocenters. The quantitative estimate of drug-likeness (QED) is 0.311. The second kappa shape index (κ2) is 6.66. The number of rotatable bonds is 5. The molecule has 0 fully saturated rings. The summed E-state index contributed by atoms with van der Waals surface area (Å²) < 4.78 is 4.98. The number of carbonyl (C=O) groups is 2. The summed E-state index contributed by atoms with van der Waals surface area (Å²) in [6.45, 7) is 0.366. The number of hydrogen-bond donors (Lipinski definition) is 6. The first-order valence-electron chi connectivity index (χ1n) is 5.81. The van der Waals surface area contributed by atoms with Crippen LogP contribution in [0.4, 0.5) is 0 Å². The fourth-order valence-corrected chi connectivity index (χ4v) is 1.85. The normalized spacial score (nSPS) is 28.9. The molecule has 1 aliphatic rings. The lowest BCUT2D eigenvalue weighted by Gasteiger charge is -2.37. The Bertz CT molecular complexity index is 409. The molecule has 1 amide bonds. The predicted octanol–water partition coefficient (Wildman–Crippen LogP) is -3.07. The molecule has 20 heavy (non-hydrogen) atoms. The first-order valence-corrected chi connectivity index (χ1v) is 5.81. The highest BCUT2D eigenvalue weighted by atomic mass is 16.5. The van der Waals surface area contributed by atoms with Crippen molar-refractivity contribution in [3.8, 4) is 0 Å². The van der Waals surface area contributed by atoms with E-state index in [-0.39, 0.29) is 0 Å². The van der Waals surface area contributed by atoms with Crippen LogP contribution in [0.25, 0.3) is 0 Å². The minimum absolute atomic E-state index is 0.541. The Morgan fingerprint density at radius 1 is 1.45 bits per heavy atom. The molecule has 0 saturated carbocycles. The standard InChI is InChI=1S/C11H17NO8/c1-4(14)12-8-5(15)2-7(11(18)19)20-10(8)9(17)6(16)3-13/h2,5-6,8-10,13,15-17H,3H2,1H3,(H,12,14)(H,18,19)/t5?,6-,8-,9-,10?/m1/s1. The van der Waals surface area contributed by atoms with Crippen LogP contribution in [0.5, 0.6) is 0 Å². The van der Waals surface area contributed by atoms with Gasteiger partial charge in [-0.15, -0.1) is 0 Å². The topological polar surface area (TPSA) is 157 Å². The minimum atomic E-state index is -1.70. The van der Waals surface area contributed by atoms with Crippen LogP contribution in [0.3, 0.4) is 0 Å². The highest BCUT2D eigenvalue weighted by Crippen LogP contribution is 2.22. The molecular formula is C11H17NO8. The average molecular weight is 291 g/mol. The summed E-state index contributed by atoms with van der Waals surface area (Å²) in [4.78, 5) is 21.9. The van der Waals surface area contributed by atoms with E-state index in [9.17, 15) is 24.9 Å². The Kier molecular flexibility index (Phi) is 5.45. The summed E-state index contributed by atoms with van der Waals surface area (Å²) in [6, 6.07) is -1.16. The summed E-state index contributed by atoms with van der Waals surface area (Å²) in [6.07, 6.45) is -5.29. The lowest BCUT2D eigenvalue weighted by molar-refractivity contribution is -0.149. The molecule has 1 rings (SSSR count). The van der Waals surface area contributed by atoms with Gasteiger partial charge in [-0.2, -0.15) is 0 Å². The Balaban J connectivity index is 3.04. The molecule has 0 bridgehead atoms. The molecule has 2 unspecified atom stereocenters. The van der Waals surface area contributed by atoms with Crippen molar-refractivity contribution >= 4 is 11.9 Å². The Morgan fingerprint density at radius 2 is 2.05 bits per heavy atom. The van der Waals surface area contributed by atoms with E-state index in [0.717, 1.165) is 13.0 Å². The molecule has 0 aromatic carbocycles. The number of carbonyl (C=O) groups excluding carboxylic acids is 1. The zero-order valence-electron chi connectivity index (χ0n) is 10.6. The first kappa shape index (κ1) is 16.4. The van der Waals surface area contributed by atoms with Crippen LogP contribution in [0.2, 0.25) is 0 Å². The maximum atomic E-state index is 11.1. The van der Waals surface area contributed by atoms with Crippen molar-refractivity contribution in [3.05, 3.63) is 11.8 Å². The van der Waals surface area contributed by atoms with Gasteiger partial charge in [-0.05, 0) is 6.08 Å². The number of nitrogens with one attached hydrogen (secondary N) is 1. The largest absolute Gasteiger partial charge is 0.478 e. The maximum absolute atomic E-state index is 11.1. The minimum Gasteiger partial charge on any atom is -0.478 e. The van der Waals surface area contributed by atoms with Crippen molar-refractivity contribution in [2.45, 2.75) is 37.4 Å². The molecule has 0 aliphatic carbocycles. The van der Waals surface area contributed by atoms with Gasteiger partial charge in [-0.1, -0.05) is 0 Å². The molecule has 0 aromatic rings. The van der Waals surface area contributed by atoms with Gasteiger partial charge in [-0.25, -0.2) is 4.79 Å². The Labute approximate surface area is 114 Å². The molecule has 1 heterocycles. The lowest BCUT2D eigenvalue weighted by Crippen LogP contribution is -2.59. The van der Waals surface area contributed by atoms with Crippen LogP contribution < -0.4 is 5.32 Å². The van der Waals surface area contributed by atoms with E-state index in [1.54, 1.807) is 0 Å². The van der Waals surface area contributed by atoms with Crippen molar-refractivity contribution in [2.24, 2.45) is 0 Å². The summed E-state index contributed by atoms with van der Waals surface area (Å²) in [7, 11) is 0. The number of aliphatic hydroxyl groups excluding tert-OH is 4. The zero-order chi connectivity index (χ0) is 15.4. The van der Waals surface area contributed by atoms with Crippen molar-refractivity contribution < 1.29 is 39.9 Å². The fraction of sp³-hybridized carbons (Fsp3) is 0.636. The van der Waals surface area contributed by atoms with E-state index in [2.05, 4.69) is 5.32 Å². The van der Waals surface area contributed by atoms with Gasteiger partial charge in [0.1, 0.15) is 18.3 Å². The van der Waals surface area contributed by atoms with Gasteiger partial charge in [0.2, 0.25) is 11.7 Å². The molecule has 9 nitrogen and oxygen atoms in total. The van der Waals surface area contributed by atoms with Gasteiger partial charge in [0.25, 0.3) is 0 Å². The number of aliphatic carboxylic acids is 1. The van der Waals surface area contributed by atoms with E-state index in [0.29, 0.717) is 0 Å². The van der Waals surface area contributed by atoms with E-state index in [4.69, 9.17) is 14.9 Å².